The highest BCUT2D eigenvalue weighted by Crippen LogP contribution is 2.34. The molecule has 0 saturated carbocycles. The first-order valence-electron chi connectivity index (χ1n) is 10.6. The van der Waals surface area contributed by atoms with Crippen molar-refractivity contribution in [1.29, 1.82) is 0 Å². The van der Waals surface area contributed by atoms with Gasteiger partial charge in [0.1, 0.15) is 0 Å². The summed E-state index contributed by atoms with van der Waals surface area (Å²) in [6.07, 6.45) is -2.58. The van der Waals surface area contributed by atoms with Crippen LogP contribution in [0.3, 0.4) is 0 Å². The minimum absolute atomic E-state index is 0.460. The van der Waals surface area contributed by atoms with Crippen LogP contribution in [0.1, 0.15) is 16.7 Å². The van der Waals surface area contributed by atoms with Gasteiger partial charge in [0.2, 0.25) is 0 Å². The molecule has 1 aromatic heterocycles. The molecule has 0 N–H and O–H groups in total. The van der Waals surface area contributed by atoms with Crippen molar-refractivity contribution in [3.8, 4) is 5.69 Å². The van der Waals surface area contributed by atoms with Crippen LogP contribution in [0, 0.1) is 0 Å². The number of hydrogen-bond acceptors (Lipinski definition) is 1. The van der Waals surface area contributed by atoms with Crippen LogP contribution >= 0.6 is 11.6 Å². The molecule has 0 bridgehead atoms. The molecule has 34 heavy (non-hydrogen) atoms. The second-order valence-electron chi connectivity index (χ2n) is 7.79. The Balaban J connectivity index is 1.59. The van der Waals surface area contributed by atoms with Gasteiger partial charge in [-0.1, -0.05) is 72.3 Å². The van der Waals surface area contributed by atoms with Crippen molar-refractivity contribution in [3.63, 3.8) is 0 Å². The highest BCUT2D eigenvalue weighted by Gasteiger charge is 2.30. The topological polar surface area (TPSA) is 17.3 Å². The standard InChI is InChI=1S/C28H18ClF3N2/c29-25-18-23(33-26(19-7-3-1-4-8-19)20-9-5-2-6-10-20)17-21-15-16-34(27(21)25)24-13-11-22(12-14-24)28(30,31)32/h1-18H. The molecule has 0 atom stereocenters. The van der Waals surface area contributed by atoms with E-state index in [2.05, 4.69) is 0 Å². The Bertz CT molecular complexity index is 1430. The molecule has 0 saturated heterocycles. The van der Waals surface area contributed by atoms with Gasteiger partial charge in [0.25, 0.3) is 0 Å². The van der Waals surface area contributed by atoms with Gasteiger partial charge in [-0.3, -0.25) is 0 Å². The third-order valence-electron chi connectivity index (χ3n) is 5.53. The maximum atomic E-state index is 12.9. The first-order chi connectivity index (χ1) is 16.4. The molecule has 5 rings (SSSR count). The quantitative estimate of drug-likeness (QED) is 0.232. The predicted molar refractivity (Wildman–Crippen MR) is 131 cm³/mol. The molecular weight excluding hydrogens is 457 g/mol. The number of hydrogen-bond donors (Lipinski definition) is 0. The molecule has 5 aromatic rings. The Morgan fingerprint density at radius 1 is 0.735 bits per heavy atom. The van der Waals surface area contributed by atoms with E-state index in [1.807, 2.05) is 72.8 Å². The van der Waals surface area contributed by atoms with E-state index < -0.39 is 11.7 Å². The van der Waals surface area contributed by atoms with Gasteiger partial charge >= 0.3 is 6.18 Å². The summed E-state index contributed by atoms with van der Waals surface area (Å²) < 4.78 is 40.6. The molecule has 4 aromatic carbocycles. The van der Waals surface area contributed by atoms with Crippen molar-refractivity contribution in [1.82, 2.24) is 4.57 Å². The molecule has 168 valence electrons. The van der Waals surface area contributed by atoms with Crippen molar-refractivity contribution in [2.45, 2.75) is 6.18 Å². The molecule has 6 heteroatoms. The van der Waals surface area contributed by atoms with Crippen LogP contribution in [0.2, 0.25) is 5.02 Å². The fourth-order valence-electron chi connectivity index (χ4n) is 3.92. The van der Waals surface area contributed by atoms with Crippen molar-refractivity contribution in [3.05, 3.63) is 131 Å². The van der Waals surface area contributed by atoms with E-state index in [-0.39, 0.29) is 0 Å². The minimum Gasteiger partial charge on any atom is -0.315 e. The monoisotopic (exact) mass is 474 g/mol. The van der Waals surface area contributed by atoms with Gasteiger partial charge in [0.05, 0.1) is 27.5 Å². The van der Waals surface area contributed by atoms with E-state index in [0.717, 1.165) is 34.4 Å². The van der Waals surface area contributed by atoms with E-state index >= 15 is 0 Å². The molecule has 0 radical (unpaired) electrons. The molecule has 0 aliphatic rings. The molecule has 1 heterocycles. The lowest BCUT2D eigenvalue weighted by atomic mass is 10.0. The highest BCUT2D eigenvalue weighted by molar-refractivity contribution is 6.35. The van der Waals surface area contributed by atoms with Gasteiger partial charge in [-0.05, 0) is 42.5 Å². The number of rotatable bonds is 4. The van der Waals surface area contributed by atoms with Crippen LogP contribution in [0.15, 0.2) is 114 Å². The summed E-state index contributed by atoms with van der Waals surface area (Å²) in [5.74, 6) is 0. The number of aliphatic imine (C=N–C) groups is 1. The van der Waals surface area contributed by atoms with E-state index in [1.54, 1.807) is 16.8 Å². The number of aromatic nitrogens is 1. The van der Waals surface area contributed by atoms with E-state index in [9.17, 15) is 13.2 Å². The Kier molecular flexibility index (Phi) is 5.72. The van der Waals surface area contributed by atoms with Gasteiger partial charge in [-0.2, -0.15) is 13.2 Å². The molecule has 0 aliphatic carbocycles. The van der Waals surface area contributed by atoms with Crippen LogP contribution in [0.5, 0.6) is 0 Å². The third-order valence-corrected chi connectivity index (χ3v) is 5.82. The lowest BCUT2D eigenvalue weighted by Gasteiger charge is -2.11. The molecule has 0 unspecified atom stereocenters. The average molecular weight is 475 g/mol. The average Bonchev–Trinajstić information content (AvgIpc) is 3.28. The summed E-state index contributed by atoms with van der Waals surface area (Å²) in [6, 6.07) is 30.4. The zero-order valence-electron chi connectivity index (χ0n) is 17.8. The van der Waals surface area contributed by atoms with Gasteiger partial charge in [0, 0.05) is 28.4 Å². The summed E-state index contributed by atoms with van der Waals surface area (Å²) >= 11 is 6.67. The molecule has 0 amide bonds. The summed E-state index contributed by atoms with van der Waals surface area (Å²) in [7, 11) is 0. The van der Waals surface area contributed by atoms with Crippen molar-refractivity contribution >= 4 is 33.9 Å². The number of fused-ring (bicyclic) bond motifs is 1. The second-order valence-corrected chi connectivity index (χ2v) is 8.20. The molecule has 0 spiro atoms. The molecular formula is C28H18ClF3N2. The first-order valence-corrected chi connectivity index (χ1v) is 11.0. The lowest BCUT2D eigenvalue weighted by Crippen LogP contribution is -2.04. The van der Waals surface area contributed by atoms with E-state index in [1.165, 1.54) is 12.1 Å². The smallest absolute Gasteiger partial charge is 0.315 e. The predicted octanol–water partition coefficient (Wildman–Crippen LogP) is 8.47. The Labute approximate surface area is 199 Å². The first kappa shape index (κ1) is 22.0. The largest absolute Gasteiger partial charge is 0.416 e. The number of halogens is 4. The van der Waals surface area contributed by atoms with Gasteiger partial charge in [0.15, 0.2) is 0 Å². The van der Waals surface area contributed by atoms with Crippen LogP contribution < -0.4 is 0 Å². The van der Waals surface area contributed by atoms with Crippen molar-refractivity contribution in [2.75, 3.05) is 0 Å². The Morgan fingerprint density at radius 3 is 1.88 bits per heavy atom. The van der Waals surface area contributed by atoms with Crippen LogP contribution in [0.25, 0.3) is 16.6 Å². The fourth-order valence-corrected chi connectivity index (χ4v) is 4.24. The highest BCUT2D eigenvalue weighted by atomic mass is 35.5. The van der Waals surface area contributed by atoms with Gasteiger partial charge in [-0.25, -0.2) is 4.99 Å². The molecule has 2 nitrogen and oxygen atoms in total. The Morgan fingerprint density at radius 2 is 1.32 bits per heavy atom. The zero-order chi connectivity index (χ0) is 23.7. The van der Waals surface area contributed by atoms with Crippen molar-refractivity contribution < 1.29 is 13.2 Å². The van der Waals surface area contributed by atoms with Crippen LogP contribution in [-0.4, -0.2) is 10.3 Å². The summed E-state index contributed by atoms with van der Waals surface area (Å²) in [5.41, 5.74) is 4.07. The number of alkyl halides is 3. The maximum absolute atomic E-state index is 12.9. The maximum Gasteiger partial charge on any atom is 0.416 e. The summed E-state index contributed by atoms with van der Waals surface area (Å²) in [4.78, 5) is 4.93. The van der Waals surface area contributed by atoms with E-state index in [4.69, 9.17) is 16.6 Å². The summed E-state index contributed by atoms with van der Waals surface area (Å²) in [5, 5.41) is 1.30. The van der Waals surface area contributed by atoms with Crippen LogP contribution in [0.4, 0.5) is 18.9 Å². The SMILES string of the molecule is FC(F)(F)c1ccc(-n2ccc3cc(N=C(c4ccccc4)c4ccccc4)cc(Cl)c32)cc1. The third kappa shape index (κ3) is 4.35. The number of benzene rings is 4. The number of nitrogens with zero attached hydrogens (tertiary/aromatic N) is 2. The normalized spacial score (nSPS) is 11.5. The Hall–Kier alpha value is -3.83. The fraction of sp³-hybridized carbons (Fsp3) is 0.0357. The van der Waals surface area contributed by atoms with Crippen molar-refractivity contribution in [2.24, 2.45) is 4.99 Å². The van der Waals surface area contributed by atoms with Crippen LogP contribution in [-0.2, 0) is 6.18 Å². The zero-order valence-corrected chi connectivity index (χ0v) is 18.6. The molecule has 0 fully saturated rings. The second kappa shape index (κ2) is 8.84. The minimum atomic E-state index is -4.38. The lowest BCUT2D eigenvalue weighted by molar-refractivity contribution is -0.137. The van der Waals surface area contributed by atoms with Gasteiger partial charge < -0.3 is 4.57 Å². The van der Waals surface area contributed by atoms with E-state index in [0.29, 0.717) is 21.9 Å². The van der Waals surface area contributed by atoms with Gasteiger partial charge in [-0.15, -0.1) is 0 Å². The molecule has 0 aliphatic heterocycles. The summed E-state index contributed by atoms with van der Waals surface area (Å²) in [6.45, 7) is 0.